The lowest BCUT2D eigenvalue weighted by Gasteiger charge is -2.14. The van der Waals surface area contributed by atoms with Crippen molar-refractivity contribution in [3.8, 4) is 17.6 Å². The summed E-state index contributed by atoms with van der Waals surface area (Å²) in [5, 5.41) is 0. The molecule has 0 heterocycles. The zero-order valence-electron chi connectivity index (χ0n) is 12.5. The van der Waals surface area contributed by atoms with Crippen molar-refractivity contribution in [2.24, 2.45) is 5.73 Å². The zero-order valence-corrected chi connectivity index (χ0v) is 12.5. The van der Waals surface area contributed by atoms with Crippen molar-refractivity contribution in [3.05, 3.63) is 59.7 Å². The van der Waals surface area contributed by atoms with Crippen molar-refractivity contribution >= 4 is 5.69 Å². The minimum absolute atomic E-state index is 0.361. The van der Waals surface area contributed by atoms with Crippen LogP contribution in [-0.2, 0) is 6.61 Å². The molecule has 0 bridgehead atoms. The molecule has 0 aliphatic rings. The minimum atomic E-state index is 0.361. The van der Waals surface area contributed by atoms with E-state index in [0.717, 1.165) is 22.6 Å². The highest BCUT2D eigenvalue weighted by Gasteiger charge is 2.02. The SMILES string of the molecule is CN(C)c1cccc(OCc2ccccc2C#CCN)c1. The first kappa shape index (κ1) is 15.0. The molecule has 0 aliphatic carbocycles. The highest BCUT2D eigenvalue weighted by Crippen LogP contribution is 2.20. The molecular weight excluding hydrogens is 260 g/mol. The molecule has 2 aromatic rings. The van der Waals surface area contributed by atoms with Gasteiger partial charge in [0.1, 0.15) is 12.4 Å². The molecule has 2 N–H and O–H groups in total. The van der Waals surface area contributed by atoms with Crippen LogP contribution in [0.5, 0.6) is 5.75 Å². The summed E-state index contributed by atoms with van der Waals surface area (Å²) in [7, 11) is 4.02. The van der Waals surface area contributed by atoms with E-state index in [2.05, 4.69) is 11.8 Å². The van der Waals surface area contributed by atoms with E-state index in [1.165, 1.54) is 0 Å². The molecule has 0 aromatic heterocycles. The number of hydrogen-bond donors (Lipinski definition) is 1. The Balaban J connectivity index is 2.11. The van der Waals surface area contributed by atoms with E-state index in [1.807, 2.05) is 67.5 Å². The Morgan fingerprint density at radius 3 is 2.67 bits per heavy atom. The summed E-state index contributed by atoms with van der Waals surface area (Å²) < 4.78 is 5.88. The number of benzene rings is 2. The van der Waals surface area contributed by atoms with Crippen molar-refractivity contribution in [1.29, 1.82) is 0 Å². The second-order valence-corrected chi connectivity index (χ2v) is 4.84. The molecule has 3 nitrogen and oxygen atoms in total. The predicted molar refractivity (Wildman–Crippen MR) is 87.5 cm³/mol. The van der Waals surface area contributed by atoms with Gasteiger partial charge in [0.2, 0.25) is 0 Å². The standard InChI is InChI=1S/C18H20N2O/c1-20(2)17-10-5-11-18(13-17)21-14-16-8-4-3-7-15(16)9-6-12-19/h3-5,7-8,10-11,13H,12,14,19H2,1-2H3. The lowest BCUT2D eigenvalue weighted by molar-refractivity contribution is 0.306. The fraction of sp³-hybridized carbons (Fsp3) is 0.222. The quantitative estimate of drug-likeness (QED) is 0.875. The molecule has 0 saturated carbocycles. The summed E-state index contributed by atoms with van der Waals surface area (Å²) in [6.45, 7) is 0.854. The lowest BCUT2D eigenvalue weighted by Crippen LogP contribution is -2.08. The second kappa shape index (κ2) is 7.37. The van der Waals surface area contributed by atoms with E-state index < -0.39 is 0 Å². The predicted octanol–water partition coefficient (Wildman–Crippen LogP) is 2.64. The Morgan fingerprint density at radius 1 is 1.10 bits per heavy atom. The van der Waals surface area contributed by atoms with Crippen LogP contribution in [0.2, 0.25) is 0 Å². The first-order valence-corrected chi connectivity index (χ1v) is 6.87. The number of nitrogens with two attached hydrogens (primary N) is 1. The van der Waals surface area contributed by atoms with Crippen LogP contribution >= 0.6 is 0 Å². The molecule has 2 aromatic carbocycles. The molecule has 0 atom stereocenters. The van der Waals surface area contributed by atoms with Crippen molar-refractivity contribution in [3.63, 3.8) is 0 Å². The van der Waals surface area contributed by atoms with E-state index in [9.17, 15) is 0 Å². The Labute approximate surface area is 126 Å². The molecule has 0 fully saturated rings. The molecule has 3 heteroatoms. The van der Waals surface area contributed by atoms with E-state index >= 15 is 0 Å². The maximum atomic E-state index is 5.88. The summed E-state index contributed by atoms with van der Waals surface area (Å²) in [6, 6.07) is 16.0. The first-order chi connectivity index (χ1) is 10.2. The third-order valence-electron chi connectivity index (χ3n) is 3.07. The van der Waals surface area contributed by atoms with E-state index in [0.29, 0.717) is 13.2 Å². The minimum Gasteiger partial charge on any atom is -0.489 e. The molecule has 0 amide bonds. The summed E-state index contributed by atoms with van der Waals surface area (Å²) in [5.74, 6) is 6.81. The van der Waals surface area contributed by atoms with Gasteiger partial charge in [-0.3, -0.25) is 0 Å². The molecule has 108 valence electrons. The third kappa shape index (κ3) is 4.27. The normalized spacial score (nSPS) is 9.67. The Kier molecular flexibility index (Phi) is 5.25. The number of rotatable bonds is 4. The lowest BCUT2D eigenvalue weighted by atomic mass is 10.1. The molecular formula is C18H20N2O. The van der Waals surface area contributed by atoms with Crippen molar-refractivity contribution < 1.29 is 4.74 Å². The summed E-state index contributed by atoms with van der Waals surface area (Å²) in [5.41, 5.74) is 8.57. The van der Waals surface area contributed by atoms with Crippen LogP contribution < -0.4 is 15.4 Å². The molecule has 0 spiro atoms. The monoisotopic (exact) mass is 280 g/mol. The maximum absolute atomic E-state index is 5.88. The number of anilines is 1. The van der Waals surface area contributed by atoms with Gasteiger partial charge in [0, 0.05) is 37.0 Å². The third-order valence-corrected chi connectivity index (χ3v) is 3.07. The van der Waals surface area contributed by atoms with Gasteiger partial charge < -0.3 is 15.4 Å². The zero-order chi connectivity index (χ0) is 15.1. The largest absolute Gasteiger partial charge is 0.489 e. The highest BCUT2D eigenvalue weighted by molar-refractivity contribution is 5.49. The average molecular weight is 280 g/mol. The highest BCUT2D eigenvalue weighted by atomic mass is 16.5. The number of ether oxygens (including phenoxy) is 1. The van der Waals surface area contributed by atoms with E-state index in [1.54, 1.807) is 0 Å². The van der Waals surface area contributed by atoms with Crippen molar-refractivity contribution in [2.75, 3.05) is 25.5 Å². The van der Waals surface area contributed by atoms with Crippen LogP contribution in [0, 0.1) is 11.8 Å². The molecule has 0 radical (unpaired) electrons. The van der Waals surface area contributed by atoms with Crippen LogP contribution in [0.1, 0.15) is 11.1 Å². The number of hydrogen-bond acceptors (Lipinski definition) is 3. The van der Waals surface area contributed by atoms with Gasteiger partial charge in [-0.1, -0.05) is 36.1 Å². The van der Waals surface area contributed by atoms with Gasteiger partial charge in [-0.25, -0.2) is 0 Å². The van der Waals surface area contributed by atoms with Crippen molar-refractivity contribution in [1.82, 2.24) is 0 Å². The summed E-state index contributed by atoms with van der Waals surface area (Å²) in [6.07, 6.45) is 0. The van der Waals surface area contributed by atoms with Gasteiger partial charge in [0.05, 0.1) is 6.54 Å². The van der Waals surface area contributed by atoms with Crippen LogP contribution in [-0.4, -0.2) is 20.6 Å². The molecule has 0 aliphatic heterocycles. The van der Waals surface area contributed by atoms with Gasteiger partial charge in [0.15, 0.2) is 0 Å². The number of nitrogens with zero attached hydrogens (tertiary/aromatic N) is 1. The van der Waals surface area contributed by atoms with Gasteiger partial charge in [0.25, 0.3) is 0 Å². The van der Waals surface area contributed by atoms with Gasteiger partial charge in [-0.15, -0.1) is 0 Å². The van der Waals surface area contributed by atoms with E-state index in [-0.39, 0.29) is 0 Å². The Hall–Kier alpha value is -2.44. The van der Waals surface area contributed by atoms with Crippen molar-refractivity contribution in [2.45, 2.75) is 6.61 Å². The van der Waals surface area contributed by atoms with Gasteiger partial charge in [-0.2, -0.15) is 0 Å². The maximum Gasteiger partial charge on any atom is 0.121 e. The summed E-state index contributed by atoms with van der Waals surface area (Å²) >= 11 is 0. The average Bonchev–Trinajstić information content (AvgIpc) is 2.52. The Morgan fingerprint density at radius 2 is 1.90 bits per heavy atom. The van der Waals surface area contributed by atoms with E-state index in [4.69, 9.17) is 10.5 Å². The smallest absolute Gasteiger partial charge is 0.121 e. The fourth-order valence-electron chi connectivity index (χ4n) is 1.93. The fourth-order valence-corrected chi connectivity index (χ4v) is 1.93. The topological polar surface area (TPSA) is 38.5 Å². The Bertz CT molecular complexity index is 654. The molecule has 2 rings (SSSR count). The van der Waals surface area contributed by atoms with Crippen LogP contribution in [0.25, 0.3) is 0 Å². The molecule has 21 heavy (non-hydrogen) atoms. The summed E-state index contributed by atoms with van der Waals surface area (Å²) in [4.78, 5) is 2.05. The van der Waals surface area contributed by atoms with Crippen LogP contribution in [0.3, 0.4) is 0 Å². The van der Waals surface area contributed by atoms with Crippen LogP contribution in [0.4, 0.5) is 5.69 Å². The van der Waals surface area contributed by atoms with Crippen LogP contribution in [0.15, 0.2) is 48.5 Å². The van der Waals surface area contributed by atoms with Gasteiger partial charge >= 0.3 is 0 Å². The van der Waals surface area contributed by atoms with Gasteiger partial charge in [-0.05, 0) is 18.2 Å². The second-order valence-electron chi connectivity index (χ2n) is 4.84. The molecule has 0 saturated heterocycles. The first-order valence-electron chi connectivity index (χ1n) is 6.87. The molecule has 0 unspecified atom stereocenters.